The minimum Gasteiger partial charge on any atom is -0.478 e. The van der Waals surface area contributed by atoms with Gasteiger partial charge in [-0.25, -0.2) is 22.9 Å². The number of aromatic nitrogens is 2. The molecule has 0 fully saturated rings. The molecular formula is C17H17N3O4S. The Bertz CT molecular complexity index is 1010. The number of carboxylic acid groups (broad SMARTS) is 1. The fourth-order valence-electron chi connectivity index (χ4n) is 2.52. The van der Waals surface area contributed by atoms with Crippen molar-refractivity contribution in [3.8, 4) is 0 Å². The Kier molecular flexibility index (Phi) is 4.82. The van der Waals surface area contributed by atoms with Crippen LogP contribution in [0.15, 0.2) is 59.8 Å². The number of carbonyl (C=O) groups is 1. The number of hydrogen-bond acceptors (Lipinski definition) is 4. The summed E-state index contributed by atoms with van der Waals surface area (Å²) in [5.41, 5.74) is 0.926. The molecular weight excluding hydrogens is 342 g/mol. The van der Waals surface area contributed by atoms with Crippen molar-refractivity contribution < 1.29 is 18.3 Å². The molecule has 0 saturated carbocycles. The monoisotopic (exact) mass is 359 g/mol. The highest BCUT2D eigenvalue weighted by Gasteiger charge is 2.15. The molecule has 0 bridgehead atoms. The number of imidazole rings is 1. The predicted octanol–water partition coefficient (Wildman–Crippen LogP) is 1.94. The summed E-state index contributed by atoms with van der Waals surface area (Å²) in [7, 11) is -3.74. The van der Waals surface area contributed by atoms with Gasteiger partial charge in [-0.3, -0.25) is 0 Å². The summed E-state index contributed by atoms with van der Waals surface area (Å²) in [6.45, 7) is 0.237. The molecule has 3 aromatic rings. The molecule has 0 saturated heterocycles. The zero-order valence-corrected chi connectivity index (χ0v) is 14.1. The second kappa shape index (κ2) is 7.04. The smallest absolute Gasteiger partial charge is 0.335 e. The Morgan fingerprint density at radius 2 is 2.04 bits per heavy atom. The largest absolute Gasteiger partial charge is 0.478 e. The zero-order chi connectivity index (χ0) is 17.9. The van der Waals surface area contributed by atoms with Gasteiger partial charge < -0.3 is 9.51 Å². The van der Waals surface area contributed by atoms with Crippen LogP contribution in [0.5, 0.6) is 0 Å². The summed E-state index contributed by atoms with van der Waals surface area (Å²) in [5.74, 6) is -0.300. The first-order chi connectivity index (χ1) is 12.0. The summed E-state index contributed by atoms with van der Waals surface area (Å²) in [6.07, 6.45) is 4.89. The molecule has 25 heavy (non-hydrogen) atoms. The van der Waals surface area contributed by atoms with E-state index in [1.54, 1.807) is 6.20 Å². The van der Waals surface area contributed by atoms with E-state index in [0.717, 1.165) is 17.4 Å². The van der Waals surface area contributed by atoms with E-state index in [0.29, 0.717) is 12.8 Å². The first-order valence-corrected chi connectivity index (χ1v) is 9.20. The van der Waals surface area contributed by atoms with Crippen molar-refractivity contribution in [2.75, 3.05) is 6.54 Å². The molecule has 0 atom stereocenters. The third kappa shape index (κ3) is 3.86. The van der Waals surface area contributed by atoms with Crippen LogP contribution in [0.4, 0.5) is 0 Å². The Morgan fingerprint density at radius 3 is 2.84 bits per heavy atom. The first kappa shape index (κ1) is 17.1. The molecule has 3 rings (SSSR count). The minimum atomic E-state index is -3.74. The lowest BCUT2D eigenvalue weighted by atomic mass is 10.2. The standard InChI is InChI=1S/C17H17N3O4S/c21-17(22)13-5-3-7-15(11-13)25(23,24)19-9-4-8-16-18-12-14-6-1-2-10-20(14)16/h1-3,5-7,10-12,19H,4,8-9H2,(H,21,22). The number of carboxylic acids is 1. The normalized spacial score (nSPS) is 11.7. The molecule has 0 aliphatic carbocycles. The number of fused-ring (bicyclic) bond motifs is 1. The lowest BCUT2D eigenvalue weighted by molar-refractivity contribution is 0.0696. The molecule has 2 N–H and O–H groups in total. The van der Waals surface area contributed by atoms with E-state index in [9.17, 15) is 13.2 Å². The van der Waals surface area contributed by atoms with E-state index in [4.69, 9.17) is 5.11 Å². The van der Waals surface area contributed by atoms with E-state index in [1.807, 2.05) is 28.8 Å². The average molecular weight is 359 g/mol. The van der Waals surface area contributed by atoms with Gasteiger partial charge in [0.2, 0.25) is 10.0 Å². The lowest BCUT2D eigenvalue weighted by Crippen LogP contribution is -2.25. The van der Waals surface area contributed by atoms with Crippen molar-refractivity contribution in [1.29, 1.82) is 0 Å². The SMILES string of the molecule is O=C(O)c1cccc(S(=O)(=O)NCCCc2ncc3ccccn23)c1. The Balaban J connectivity index is 1.61. The van der Waals surface area contributed by atoms with Crippen molar-refractivity contribution in [3.63, 3.8) is 0 Å². The van der Waals surface area contributed by atoms with Crippen molar-refractivity contribution in [1.82, 2.24) is 14.1 Å². The number of nitrogens with zero attached hydrogens (tertiary/aromatic N) is 2. The number of benzene rings is 1. The van der Waals surface area contributed by atoms with Crippen LogP contribution in [0.3, 0.4) is 0 Å². The summed E-state index contributed by atoms with van der Waals surface area (Å²) >= 11 is 0. The van der Waals surface area contributed by atoms with Crippen molar-refractivity contribution in [3.05, 3.63) is 66.2 Å². The highest BCUT2D eigenvalue weighted by molar-refractivity contribution is 7.89. The molecule has 7 nitrogen and oxygen atoms in total. The lowest BCUT2D eigenvalue weighted by Gasteiger charge is -2.07. The number of sulfonamides is 1. The van der Waals surface area contributed by atoms with Gasteiger partial charge in [-0.2, -0.15) is 0 Å². The maximum Gasteiger partial charge on any atom is 0.335 e. The highest BCUT2D eigenvalue weighted by Crippen LogP contribution is 2.12. The number of aryl methyl sites for hydroxylation is 1. The molecule has 2 aromatic heterocycles. The Hall–Kier alpha value is -2.71. The molecule has 8 heteroatoms. The van der Waals surface area contributed by atoms with Crippen LogP contribution in [-0.4, -0.2) is 35.4 Å². The summed E-state index contributed by atoms with van der Waals surface area (Å²) < 4.78 is 29.0. The fraction of sp³-hybridized carbons (Fsp3) is 0.176. The van der Waals surface area contributed by atoms with Crippen LogP contribution in [-0.2, 0) is 16.4 Å². The number of rotatable bonds is 7. The van der Waals surface area contributed by atoms with Gasteiger partial charge in [-0.15, -0.1) is 0 Å². The van der Waals surface area contributed by atoms with Crippen molar-refractivity contribution in [2.45, 2.75) is 17.7 Å². The van der Waals surface area contributed by atoms with E-state index < -0.39 is 16.0 Å². The van der Waals surface area contributed by atoms with E-state index in [2.05, 4.69) is 9.71 Å². The first-order valence-electron chi connectivity index (χ1n) is 7.71. The number of aromatic carboxylic acids is 1. The van der Waals surface area contributed by atoms with Gasteiger partial charge in [0.15, 0.2) is 0 Å². The molecule has 1 aromatic carbocycles. The summed E-state index contributed by atoms with van der Waals surface area (Å²) in [4.78, 5) is 15.2. The molecule has 0 radical (unpaired) electrons. The summed E-state index contributed by atoms with van der Waals surface area (Å²) in [6, 6.07) is 11.1. The van der Waals surface area contributed by atoms with Gasteiger partial charge in [0, 0.05) is 19.2 Å². The fourth-order valence-corrected chi connectivity index (χ4v) is 3.64. The maximum absolute atomic E-state index is 12.3. The topological polar surface area (TPSA) is 101 Å². The second-order valence-corrected chi connectivity index (χ2v) is 7.27. The third-order valence-electron chi connectivity index (χ3n) is 3.78. The molecule has 130 valence electrons. The average Bonchev–Trinajstić information content (AvgIpc) is 3.02. The van der Waals surface area contributed by atoms with Crippen molar-refractivity contribution >= 4 is 21.5 Å². The Morgan fingerprint density at radius 1 is 1.20 bits per heavy atom. The van der Waals surface area contributed by atoms with Crippen LogP contribution >= 0.6 is 0 Å². The van der Waals surface area contributed by atoms with Crippen LogP contribution < -0.4 is 4.72 Å². The van der Waals surface area contributed by atoms with Crippen LogP contribution in [0.1, 0.15) is 22.6 Å². The van der Waals surface area contributed by atoms with E-state index in [-0.39, 0.29) is 17.0 Å². The second-order valence-electron chi connectivity index (χ2n) is 5.50. The molecule has 0 aliphatic heterocycles. The minimum absolute atomic E-state index is 0.0568. The third-order valence-corrected chi connectivity index (χ3v) is 5.23. The van der Waals surface area contributed by atoms with Gasteiger partial charge >= 0.3 is 5.97 Å². The van der Waals surface area contributed by atoms with Crippen LogP contribution in [0, 0.1) is 0 Å². The van der Waals surface area contributed by atoms with Gasteiger partial charge in [0.05, 0.1) is 22.2 Å². The summed E-state index contributed by atoms with van der Waals surface area (Å²) in [5, 5.41) is 8.96. The zero-order valence-electron chi connectivity index (χ0n) is 13.3. The number of pyridine rings is 1. The van der Waals surface area contributed by atoms with E-state index >= 15 is 0 Å². The van der Waals surface area contributed by atoms with Crippen molar-refractivity contribution in [2.24, 2.45) is 0 Å². The molecule has 0 spiro atoms. The molecule has 2 heterocycles. The highest BCUT2D eigenvalue weighted by atomic mass is 32.2. The number of hydrogen-bond donors (Lipinski definition) is 2. The van der Waals surface area contributed by atoms with Gasteiger partial charge in [0.1, 0.15) is 5.82 Å². The van der Waals surface area contributed by atoms with Crippen LogP contribution in [0.25, 0.3) is 5.52 Å². The van der Waals surface area contributed by atoms with Gasteiger partial charge in [-0.1, -0.05) is 12.1 Å². The number of nitrogens with one attached hydrogen (secondary N) is 1. The molecule has 0 amide bonds. The Labute approximate surface area is 145 Å². The van der Waals surface area contributed by atoms with Crippen LogP contribution in [0.2, 0.25) is 0 Å². The van der Waals surface area contributed by atoms with Gasteiger partial charge in [0.25, 0.3) is 0 Å². The van der Waals surface area contributed by atoms with E-state index in [1.165, 1.54) is 18.2 Å². The maximum atomic E-state index is 12.3. The quantitative estimate of drug-likeness (QED) is 0.628. The van der Waals surface area contributed by atoms with Gasteiger partial charge in [-0.05, 0) is 36.8 Å². The molecule has 0 unspecified atom stereocenters. The molecule has 0 aliphatic rings. The predicted molar refractivity (Wildman–Crippen MR) is 92.1 cm³/mol.